The van der Waals surface area contributed by atoms with Crippen LogP contribution in [0.4, 0.5) is 0 Å². The Morgan fingerprint density at radius 1 is 1.50 bits per heavy atom. The number of aryl methyl sites for hydroxylation is 1. The van der Waals surface area contributed by atoms with E-state index >= 15 is 0 Å². The molecule has 0 saturated heterocycles. The average Bonchev–Trinajstić information content (AvgIpc) is 2.18. The van der Waals surface area contributed by atoms with Crippen LogP contribution in [0.5, 0.6) is 17.2 Å². The molecule has 1 N–H and O–H groups in total. The molecule has 14 heavy (non-hydrogen) atoms. The van der Waals surface area contributed by atoms with Crippen LogP contribution in [0, 0.1) is 6.92 Å². The Bertz CT molecular complexity index is 337. The average molecular weight is 261 g/mol. The van der Waals surface area contributed by atoms with Gasteiger partial charge in [0.25, 0.3) is 0 Å². The van der Waals surface area contributed by atoms with E-state index in [2.05, 4.69) is 15.9 Å². The fourth-order valence-electron chi connectivity index (χ4n) is 1.20. The lowest BCUT2D eigenvalue weighted by molar-refractivity contribution is 0.326. The van der Waals surface area contributed by atoms with Crippen molar-refractivity contribution in [3.8, 4) is 17.2 Å². The maximum Gasteiger partial charge on any atom is 0.176 e. The smallest absolute Gasteiger partial charge is 0.176 e. The van der Waals surface area contributed by atoms with E-state index < -0.39 is 0 Å². The summed E-state index contributed by atoms with van der Waals surface area (Å²) >= 11 is 3.27. The molecule has 78 valence electrons. The molecule has 0 spiro atoms. The maximum atomic E-state index is 9.68. The van der Waals surface area contributed by atoms with E-state index in [1.165, 1.54) is 7.11 Å². The van der Waals surface area contributed by atoms with Crippen LogP contribution in [0.25, 0.3) is 0 Å². The molecule has 0 aliphatic rings. The highest BCUT2D eigenvalue weighted by Crippen LogP contribution is 2.43. The fraction of sp³-hybridized carbons (Fsp3) is 0.400. The molecule has 0 heterocycles. The summed E-state index contributed by atoms with van der Waals surface area (Å²) < 4.78 is 10.9. The Labute approximate surface area is 91.8 Å². The van der Waals surface area contributed by atoms with E-state index in [0.717, 1.165) is 5.56 Å². The summed E-state index contributed by atoms with van der Waals surface area (Å²) in [6.45, 7) is 4.36. The third-order valence-electron chi connectivity index (χ3n) is 1.85. The highest BCUT2D eigenvalue weighted by molar-refractivity contribution is 9.10. The maximum absolute atomic E-state index is 9.68. The Hall–Kier alpha value is -0.900. The van der Waals surface area contributed by atoms with Crippen LogP contribution in [0.3, 0.4) is 0 Å². The number of phenols is 1. The zero-order chi connectivity index (χ0) is 10.7. The van der Waals surface area contributed by atoms with E-state index in [4.69, 9.17) is 9.47 Å². The molecular weight excluding hydrogens is 248 g/mol. The molecule has 0 amide bonds. The van der Waals surface area contributed by atoms with Gasteiger partial charge in [-0.3, -0.25) is 0 Å². The van der Waals surface area contributed by atoms with Crippen LogP contribution in [0.2, 0.25) is 0 Å². The molecule has 1 aromatic carbocycles. The summed E-state index contributed by atoms with van der Waals surface area (Å²) in [5, 5.41) is 9.68. The van der Waals surface area contributed by atoms with Crippen LogP contribution in [0.1, 0.15) is 12.5 Å². The lowest BCUT2D eigenvalue weighted by Gasteiger charge is -2.13. The van der Waals surface area contributed by atoms with Crippen LogP contribution >= 0.6 is 15.9 Å². The molecule has 0 aliphatic heterocycles. The van der Waals surface area contributed by atoms with Gasteiger partial charge in [0.05, 0.1) is 13.7 Å². The largest absolute Gasteiger partial charge is 0.503 e. The van der Waals surface area contributed by atoms with Crippen LogP contribution in [-0.4, -0.2) is 18.8 Å². The zero-order valence-electron chi connectivity index (χ0n) is 8.43. The van der Waals surface area contributed by atoms with Crippen LogP contribution in [-0.2, 0) is 0 Å². The van der Waals surface area contributed by atoms with Gasteiger partial charge in [0, 0.05) is 0 Å². The second-order valence-electron chi connectivity index (χ2n) is 2.82. The Kier molecular flexibility index (Phi) is 3.63. The molecule has 1 aromatic rings. The first kappa shape index (κ1) is 11.2. The standard InChI is InChI=1S/C10H13BrO3/c1-4-14-10-6(2)5-7(13-3)9(12)8(10)11/h5,12H,4H2,1-3H3. The molecule has 0 unspecified atom stereocenters. The molecule has 0 fully saturated rings. The number of hydrogen-bond acceptors (Lipinski definition) is 3. The summed E-state index contributed by atoms with van der Waals surface area (Å²) in [5.41, 5.74) is 0.924. The second kappa shape index (κ2) is 4.55. The molecule has 4 heteroatoms. The van der Waals surface area contributed by atoms with E-state index in [-0.39, 0.29) is 5.75 Å². The van der Waals surface area contributed by atoms with E-state index in [9.17, 15) is 5.11 Å². The minimum absolute atomic E-state index is 0.0709. The van der Waals surface area contributed by atoms with Crippen LogP contribution in [0.15, 0.2) is 10.5 Å². The summed E-state index contributed by atoms with van der Waals surface area (Å²) in [4.78, 5) is 0. The third kappa shape index (κ3) is 1.95. The van der Waals surface area contributed by atoms with Gasteiger partial charge in [-0.15, -0.1) is 0 Å². The van der Waals surface area contributed by atoms with Gasteiger partial charge in [0.15, 0.2) is 11.5 Å². The molecular formula is C10H13BrO3. The van der Waals surface area contributed by atoms with Gasteiger partial charge in [0.2, 0.25) is 0 Å². The number of hydrogen-bond donors (Lipinski definition) is 1. The molecule has 0 aliphatic carbocycles. The molecule has 0 aromatic heterocycles. The van der Waals surface area contributed by atoms with Gasteiger partial charge in [-0.25, -0.2) is 0 Å². The zero-order valence-corrected chi connectivity index (χ0v) is 10.0. The van der Waals surface area contributed by atoms with Crippen molar-refractivity contribution < 1.29 is 14.6 Å². The van der Waals surface area contributed by atoms with Crippen molar-refractivity contribution in [2.45, 2.75) is 13.8 Å². The molecule has 1 rings (SSSR count). The summed E-state index contributed by atoms with van der Waals surface area (Å²) in [6.07, 6.45) is 0. The van der Waals surface area contributed by atoms with E-state index in [1.807, 2.05) is 13.8 Å². The van der Waals surface area contributed by atoms with Crippen molar-refractivity contribution in [3.05, 3.63) is 16.1 Å². The van der Waals surface area contributed by atoms with Crippen molar-refractivity contribution in [2.75, 3.05) is 13.7 Å². The molecule has 0 radical (unpaired) electrons. The highest BCUT2D eigenvalue weighted by Gasteiger charge is 2.14. The fourth-order valence-corrected chi connectivity index (χ4v) is 1.82. The number of ether oxygens (including phenoxy) is 2. The first-order valence-corrected chi connectivity index (χ1v) is 5.10. The SMILES string of the molecule is CCOc1c(C)cc(OC)c(O)c1Br. The first-order chi connectivity index (χ1) is 6.61. The van der Waals surface area contributed by atoms with Gasteiger partial charge < -0.3 is 14.6 Å². The van der Waals surface area contributed by atoms with Crippen molar-refractivity contribution in [1.29, 1.82) is 0 Å². The monoisotopic (exact) mass is 260 g/mol. The number of benzene rings is 1. The van der Waals surface area contributed by atoms with Crippen molar-refractivity contribution in [3.63, 3.8) is 0 Å². The summed E-state index contributed by atoms with van der Waals surface area (Å²) in [6, 6.07) is 1.74. The molecule has 0 bridgehead atoms. The highest BCUT2D eigenvalue weighted by atomic mass is 79.9. The summed E-state index contributed by atoms with van der Waals surface area (Å²) in [7, 11) is 1.52. The second-order valence-corrected chi connectivity index (χ2v) is 3.61. The van der Waals surface area contributed by atoms with Gasteiger partial charge in [-0.1, -0.05) is 0 Å². The Balaban J connectivity index is 3.26. The number of methoxy groups -OCH3 is 1. The van der Waals surface area contributed by atoms with Crippen molar-refractivity contribution in [1.82, 2.24) is 0 Å². The molecule has 0 atom stereocenters. The Morgan fingerprint density at radius 3 is 2.64 bits per heavy atom. The van der Waals surface area contributed by atoms with Gasteiger partial charge in [-0.05, 0) is 41.4 Å². The van der Waals surface area contributed by atoms with Crippen LogP contribution < -0.4 is 9.47 Å². The number of halogens is 1. The van der Waals surface area contributed by atoms with Crippen molar-refractivity contribution in [2.24, 2.45) is 0 Å². The quantitative estimate of drug-likeness (QED) is 0.909. The lowest BCUT2D eigenvalue weighted by atomic mass is 10.2. The van der Waals surface area contributed by atoms with Gasteiger partial charge in [-0.2, -0.15) is 0 Å². The van der Waals surface area contributed by atoms with E-state index in [0.29, 0.717) is 22.6 Å². The molecule has 3 nitrogen and oxygen atoms in total. The predicted molar refractivity (Wildman–Crippen MR) is 58.3 cm³/mol. The third-order valence-corrected chi connectivity index (χ3v) is 2.59. The van der Waals surface area contributed by atoms with Gasteiger partial charge >= 0.3 is 0 Å². The number of phenolic OH excluding ortho intramolecular Hbond substituents is 1. The number of rotatable bonds is 3. The minimum atomic E-state index is 0.0709. The first-order valence-electron chi connectivity index (χ1n) is 4.30. The normalized spacial score (nSPS) is 10.0. The summed E-state index contributed by atoms with van der Waals surface area (Å²) in [5.74, 6) is 1.17. The molecule has 0 saturated carbocycles. The lowest BCUT2D eigenvalue weighted by Crippen LogP contribution is -1.96. The minimum Gasteiger partial charge on any atom is -0.503 e. The van der Waals surface area contributed by atoms with Gasteiger partial charge in [0.1, 0.15) is 10.2 Å². The van der Waals surface area contributed by atoms with Crippen molar-refractivity contribution >= 4 is 15.9 Å². The topological polar surface area (TPSA) is 38.7 Å². The number of aromatic hydroxyl groups is 1. The Morgan fingerprint density at radius 2 is 2.14 bits per heavy atom. The predicted octanol–water partition coefficient (Wildman–Crippen LogP) is 2.87. The van der Waals surface area contributed by atoms with E-state index in [1.54, 1.807) is 6.07 Å².